The van der Waals surface area contributed by atoms with Crippen LogP contribution in [-0.4, -0.2) is 11.8 Å². The van der Waals surface area contributed by atoms with Crippen molar-refractivity contribution in [3.05, 3.63) is 100 Å². The van der Waals surface area contributed by atoms with Crippen LogP contribution >= 0.6 is 0 Å². The van der Waals surface area contributed by atoms with Gasteiger partial charge in [0.25, 0.3) is 0 Å². The fraction of sp³-hybridized carbons (Fsp3) is 0.185. The lowest BCUT2D eigenvalue weighted by Crippen LogP contribution is -2.10. The van der Waals surface area contributed by atoms with Gasteiger partial charge in [0, 0.05) is 6.07 Å². The zero-order chi connectivity index (χ0) is 23.0. The standard InChI is InChI=1S/C27H23FO4/c1-16-12-21(31-26(30)18-6-5-7-20(28)14-18)15-22-24(16)25(29)23(32-22)13-17-8-10-19(11-9-17)27(2,3)4/h5-15H,1-4H3/b23-13-. The van der Waals surface area contributed by atoms with Crippen LogP contribution < -0.4 is 9.47 Å². The van der Waals surface area contributed by atoms with E-state index in [0.717, 1.165) is 11.6 Å². The molecule has 162 valence electrons. The molecule has 1 heterocycles. The van der Waals surface area contributed by atoms with Crippen molar-refractivity contribution in [2.24, 2.45) is 0 Å². The first-order valence-electron chi connectivity index (χ1n) is 10.3. The van der Waals surface area contributed by atoms with Gasteiger partial charge in [0.2, 0.25) is 5.78 Å². The van der Waals surface area contributed by atoms with Crippen LogP contribution in [0.15, 0.2) is 66.4 Å². The minimum Gasteiger partial charge on any atom is -0.452 e. The number of esters is 1. The van der Waals surface area contributed by atoms with Crippen LogP contribution in [0, 0.1) is 12.7 Å². The van der Waals surface area contributed by atoms with Gasteiger partial charge in [-0.15, -0.1) is 0 Å². The van der Waals surface area contributed by atoms with E-state index in [1.54, 1.807) is 19.1 Å². The van der Waals surface area contributed by atoms with E-state index < -0.39 is 11.8 Å². The number of ether oxygens (including phenoxy) is 2. The third kappa shape index (κ3) is 4.33. The van der Waals surface area contributed by atoms with Gasteiger partial charge in [-0.3, -0.25) is 4.79 Å². The summed E-state index contributed by atoms with van der Waals surface area (Å²) in [6, 6.07) is 16.3. The molecule has 3 aromatic carbocycles. The summed E-state index contributed by atoms with van der Waals surface area (Å²) in [6.45, 7) is 8.17. The van der Waals surface area contributed by atoms with Crippen molar-refractivity contribution in [1.82, 2.24) is 0 Å². The van der Waals surface area contributed by atoms with Crippen molar-refractivity contribution >= 4 is 17.8 Å². The van der Waals surface area contributed by atoms with Gasteiger partial charge in [-0.2, -0.15) is 0 Å². The zero-order valence-electron chi connectivity index (χ0n) is 18.4. The Hall–Kier alpha value is -3.73. The molecule has 0 unspecified atom stereocenters. The van der Waals surface area contributed by atoms with Crippen LogP contribution in [0.25, 0.3) is 6.08 Å². The number of allylic oxidation sites excluding steroid dienone is 1. The largest absolute Gasteiger partial charge is 0.452 e. The zero-order valence-corrected chi connectivity index (χ0v) is 18.4. The van der Waals surface area contributed by atoms with Gasteiger partial charge >= 0.3 is 5.97 Å². The fourth-order valence-corrected chi connectivity index (χ4v) is 3.55. The normalized spacial score (nSPS) is 14.3. The number of rotatable bonds is 3. The number of benzene rings is 3. The lowest BCUT2D eigenvalue weighted by Gasteiger charge is -2.18. The highest BCUT2D eigenvalue weighted by Gasteiger charge is 2.30. The Kier molecular flexibility index (Phi) is 5.43. The quantitative estimate of drug-likeness (QED) is 0.279. The van der Waals surface area contributed by atoms with Crippen molar-refractivity contribution in [2.45, 2.75) is 33.1 Å². The highest BCUT2D eigenvalue weighted by molar-refractivity contribution is 6.15. The van der Waals surface area contributed by atoms with E-state index >= 15 is 0 Å². The van der Waals surface area contributed by atoms with Crippen LogP contribution in [-0.2, 0) is 5.41 Å². The SMILES string of the molecule is Cc1cc(OC(=O)c2cccc(F)c2)cc2c1C(=O)/C(=C/c1ccc(C(C)(C)C)cc1)O2. The fourth-order valence-electron chi connectivity index (χ4n) is 3.55. The Balaban J connectivity index is 1.58. The number of ketones is 1. The molecule has 32 heavy (non-hydrogen) atoms. The molecule has 3 aromatic rings. The molecule has 0 saturated heterocycles. The Morgan fingerprint density at radius 3 is 2.41 bits per heavy atom. The van der Waals surface area contributed by atoms with Gasteiger partial charge in [0.1, 0.15) is 17.3 Å². The van der Waals surface area contributed by atoms with E-state index in [0.29, 0.717) is 16.9 Å². The molecule has 4 rings (SSSR count). The van der Waals surface area contributed by atoms with E-state index in [9.17, 15) is 14.0 Å². The van der Waals surface area contributed by atoms with Crippen molar-refractivity contribution < 1.29 is 23.5 Å². The van der Waals surface area contributed by atoms with Gasteiger partial charge < -0.3 is 9.47 Å². The molecule has 5 heteroatoms. The number of Topliss-reactive ketones (excluding diaryl/α,β-unsaturated/α-hetero) is 1. The maximum Gasteiger partial charge on any atom is 0.343 e. The molecule has 0 aromatic heterocycles. The molecule has 0 bridgehead atoms. The molecular weight excluding hydrogens is 407 g/mol. The summed E-state index contributed by atoms with van der Waals surface area (Å²) in [5, 5.41) is 0. The first-order chi connectivity index (χ1) is 15.1. The van der Waals surface area contributed by atoms with Crippen molar-refractivity contribution in [3.8, 4) is 11.5 Å². The predicted molar refractivity (Wildman–Crippen MR) is 121 cm³/mol. The smallest absolute Gasteiger partial charge is 0.343 e. The van der Waals surface area contributed by atoms with Gasteiger partial charge in [-0.1, -0.05) is 51.1 Å². The first-order valence-corrected chi connectivity index (χ1v) is 10.3. The Morgan fingerprint density at radius 1 is 1.03 bits per heavy atom. The Bertz CT molecular complexity index is 1250. The molecule has 1 aliphatic rings. The third-order valence-corrected chi connectivity index (χ3v) is 5.29. The van der Waals surface area contributed by atoms with Crippen LogP contribution in [0.5, 0.6) is 11.5 Å². The van der Waals surface area contributed by atoms with E-state index in [4.69, 9.17) is 9.47 Å². The molecule has 0 fully saturated rings. The molecule has 1 aliphatic heterocycles. The Morgan fingerprint density at radius 2 is 1.75 bits per heavy atom. The summed E-state index contributed by atoms with van der Waals surface area (Å²) in [4.78, 5) is 25.2. The maximum atomic E-state index is 13.4. The van der Waals surface area contributed by atoms with Gasteiger partial charge in [-0.05, 0) is 59.4 Å². The highest BCUT2D eigenvalue weighted by Crippen LogP contribution is 2.38. The summed E-state index contributed by atoms with van der Waals surface area (Å²) in [6.07, 6.45) is 1.70. The van der Waals surface area contributed by atoms with E-state index in [2.05, 4.69) is 20.8 Å². The number of aryl methyl sites for hydroxylation is 1. The highest BCUT2D eigenvalue weighted by atomic mass is 19.1. The average Bonchev–Trinajstić information content (AvgIpc) is 3.03. The van der Waals surface area contributed by atoms with Crippen LogP contribution in [0.1, 0.15) is 58.2 Å². The molecule has 4 nitrogen and oxygen atoms in total. The van der Waals surface area contributed by atoms with Crippen molar-refractivity contribution in [2.75, 3.05) is 0 Å². The van der Waals surface area contributed by atoms with Gasteiger partial charge in [0.15, 0.2) is 5.76 Å². The lowest BCUT2D eigenvalue weighted by atomic mass is 9.86. The first kappa shape index (κ1) is 21.5. The number of fused-ring (bicyclic) bond motifs is 1. The molecule has 0 atom stereocenters. The summed E-state index contributed by atoms with van der Waals surface area (Å²) in [5.74, 6) is -0.680. The maximum absolute atomic E-state index is 13.4. The number of hydrogen-bond donors (Lipinski definition) is 0. The predicted octanol–water partition coefficient (Wildman–Crippen LogP) is 6.27. The van der Waals surface area contributed by atoms with E-state index in [1.165, 1.54) is 29.8 Å². The minimum atomic E-state index is -0.692. The molecule has 0 saturated carbocycles. The van der Waals surface area contributed by atoms with Crippen LogP contribution in [0.3, 0.4) is 0 Å². The molecule has 0 amide bonds. The number of halogens is 1. The molecule has 0 aliphatic carbocycles. The second-order valence-electron chi connectivity index (χ2n) is 8.82. The summed E-state index contributed by atoms with van der Waals surface area (Å²) < 4.78 is 24.6. The summed E-state index contributed by atoms with van der Waals surface area (Å²) in [5.41, 5.74) is 3.25. The summed E-state index contributed by atoms with van der Waals surface area (Å²) >= 11 is 0. The van der Waals surface area contributed by atoms with E-state index in [-0.39, 0.29) is 28.3 Å². The topological polar surface area (TPSA) is 52.6 Å². The molecule has 0 spiro atoms. The third-order valence-electron chi connectivity index (χ3n) is 5.29. The van der Waals surface area contributed by atoms with Gasteiger partial charge in [0.05, 0.1) is 11.1 Å². The number of hydrogen-bond acceptors (Lipinski definition) is 4. The summed E-state index contributed by atoms with van der Waals surface area (Å²) in [7, 11) is 0. The Labute approximate surface area is 186 Å². The van der Waals surface area contributed by atoms with Crippen molar-refractivity contribution in [3.63, 3.8) is 0 Å². The molecular formula is C27H23FO4. The molecule has 0 radical (unpaired) electrons. The number of carbonyl (C=O) groups excluding carboxylic acids is 2. The number of carbonyl (C=O) groups is 2. The van der Waals surface area contributed by atoms with Crippen LogP contribution in [0.2, 0.25) is 0 Å². The second-order valence-corrected chi connectivity index (χ2v) is 8.82. The lowest BCUT2D eigenvalue weighted by molar-refractivity contribution is 0.0734. The average molecular weight is 430 g/mol. The van der Waals surface area contributed by atoms with Gasteiger partial charge in [-0.25, -0.2) is 9.18 Å². The molecule has 0 N–H and O–H groups in total. The minimum absolute atomic E-state index is 0.0397. The van der Waals surface area contributed by atoms with Crippen molar-refractivity contribution in [1.29, 1.82) is 0 Å². The van der Waals surface area contributed by atoms with Crippen LogP contribution in [0.4, 0.5) is 4.39 Å². The van der Waals surface area contributed by atoms with E-state index in [1.807, 2.05) is 24.3 Å². The second kappa shape index (κ2) is 8.08. The monoisotopic (exact) mass is 430 g/mol.